The largest absolute Gasteiger partial charge is 0.494 e. The molecule has 1 aromatic heterocycles. The Morgan fingerprint density at radius 2 is 1.32 bits per heavy atom. The van der Waals surface area contributed by atoms with Crippen molar-refractivity contribution < 1.29 is 23.8 Å². The van der Waals surface area contributed by atoms with Gasteiger partial charge in [0.05, 0.1) is 24.3 Å². The van der Waals surface area contributed by atoms with Crippen molar-refractivity contribution in [3.63, 3.8) is 0 Å². The zero-order chi connectivity index (χ0) is 28.6. The van der Waals surface area contributed by atoms with Crippen LogP contribution in [0.2, 0.25) is 0 Å². The maximum Gasteiger partial charge on any atom is 0.344 e. The van der Waals surface area contributed by atoms with E-state index in [9.17, 15) is 9.59 Å². The molecule has 0 N–H and O–H groups in total. The molecule has 0 saturated heterocycles. The van der Waals surface area contributed by atoms with E-state index >= 15 is 0 Å². The van der Waals surface area contributed by atoms with Gasteiger partial charge in [0.1, 0.15) is 5.75 Å². The van der Waals surface area contributed by atoms with Gasteiger partial charge in [-0.1, -0.05) is 96.4 Å². The summed E-state index contributed by atoms with van der Waals surface area (Å²) in [6.07, 6.45) is 12.5. The van der Waals surface area contributed by atoms with Crippen LogP contribution in [0.4, 0.5) is 0 Å². The van der Waals surface area contributed by atoms with E-state index in [1.165, 1.54) is 57.2 Å². The van der Waals surface area contributed by atoms with Gasteiger partial charge in [-0.15, -0.1) is 0 Å². The van der Waals surface area contributed by atoms with Crippen LogP contribution in [0.3, 0.4) is 0 Å². The van der Waals surface area contributed by atoms with Gasteiger partial charge < -0.3 is 14.2 Å². The minimum absolute atomic E-state index is 0.120. The molecule has 6 heteroatoms. The average Bonchev–Trinajstić information content (AvgIpc) is 2.99. The molecule has 0 aliphatic carbocycles. The molecule has 3 aromatic rings. The van der Waals surface area contributed by atoms with Crippen LogP contribution in [0, 0.1) is 5.92 Å². The van der Waals surface area contributed by atoms with Crippen molar-refractivity contribution in [3.05, 3.63) is 78.0 Å². The number of benzene rings is 2. The Labute approximate surface area is 239 Å². The van der Waals surface area contributed by atoms with Gasteiger partial charge in [0.15, 0.2) is 0 Å². The van der Waals surface area contributed by atoms with Crippen molar-refractivity contribution in [2.24, 2.45) is 5.92 Å². The lowest BCUT2D eigenvalue weighted by Crippen LogP contribution is -2.12. The predicted octanol–water partition coefficient (Wildman–Crippen LogP) is 8.69. The van der Waals surface area contributed by atoms with Gasteiger partial charge in [-0.25, -0.2) is 14.6 Å². The van der Waals surface area contributed by atoms with E-state index in [-0.39, 0.29) is 5.88 Å². The summed E-state index contributed by atoms with van der Waals surface area (Å²) in [7, 11) is 0. The van der Waals surface area contributed by atoms with E-state index in [4.69, 9.17) is 14.2 Å². The smallest absolute Gasteiger partial charge is 0.344 e. The second-order valence-corrected chi connectivity index (χ2v) is 10.3. The number of ether oxygens (including phenoxy) is 3. The molecule has 40 heavy (non-hydrogen) atoms. The van der Waals surface area contributed by atoms with Crippen molar-refractivity contribution in [1.82, 2.24) is 4.98 Å². The molecule has 0 spiro atoms. The minimum atomic E-state index is -0.518. The molecule has 0 saturated carbocycles. The molecule has 0 bridgehead atoms. The van der Waals surface area contributed by atoms with Crippen LogP contribution in [0.5, 0.6) is 11.6 Å². The van der Waals surface area contributed by atoms with Crippen molar-refractivity contribution in [1.29, 1.82) is 0 Å². The van der Waals surface area contributed by atoms with Crippen molar-refractivity contribution in [2.75, 3.05) is 13.2 Å². The lowest BCUT2D eigenvalue weighted by atomic mass is 10.0. The first-order chi connectivity index (χ1) is 19.5. The van der Waals surface area contributed by atoms with Crippen molar-refractivity contribution >= 4 is 11.9 Å². The fourth-order valence-corrected chi connectivity index (χ4v) is 4.10. The van der Waals surface area contributed by atoms with Gasteiger partial charge in [0, 0.05) is 12.3 Å². The molecule has 0 fully saturated rings. The maximum absolute atomic E-state index is 12.6. The van der Waals surface area contributed by atoms with Crippen LogP contribution < -0.4 is 9.47 Å². The Bertz CT molecular complexity index is 1160. The Morgan fingerprint density at radius 1 is 0.725 bits per heavy atom. The molecule has 0 amide bonds. The maximum atomic E-state index is 12.6. The molecule has 0 aliphatic heterocycles. The van der Waals surface area contributed by atoms with Crippen molar-refractivity contribution in [3.8, 4) is 22.8 Å². The van der Waals surface area contributed by atoms with E-state index in [2.05, 4.69) is 11.9 Å². The van der Waals surface area contributed by atoms with Gasteiger partial charge in [-0.05, 0) is 53.8 Å². The summed E-state index contributed by atoms with van der Waals surface area (Å²) >= 11 is 0. The Kier molecular flexibility index (Phi) is 13.2. The summed E-state index contributed by atoms with van der Waals surface area (Å²) in [5, 5.41) is 0. The van der Waals surface area contributed by atoms with E-state index in [0.717, 1.165) is 36.3 Å². The number of unbranched alkanes of at least 4 members (excludes halogenated alkanes) is 7. The SMILES string of the molecule is CCCCCCCCCCOc1ccc(-c2ccc(C(=O)Oc3ccc(C(=O)OC[C@@H](C)CC)cn3)cc2)cc1. The first-order valence-electron chi connectivity index (χ1n) is 14.7. The highest BCUT2D eigenvalue weighted by Crippen LogP contribution is 2.24. The number of pyridine rings is 1. The number of carbonyl (C=O) groups excluding carboxylic acids is 2. The second kappa shape index (κ2) is 17.1. The number of esters is 2. The van der Waals surface area contributed by atoms with Crippen LogP contribution >= 0.6 is 0 Å². The van der Waals surface area contributed by atoms with Gasteiger partial charge in [-0.2, -0.15) is 0 Å². The highest BCUT2D eigenvalue weighted by Gasteiger charge is 2.13. The number of rotatable bonds is 17. The molecular formula is C34H43NO5. The van der Waals surface area contributed by atoms with Crippen LogP contribution in [0.25, 0.3) is 11.1 Å². The number of nitrogens with zero attached hydrogens (tertiary/aromatic N) is 1. The van der Waals surface area contributed by atoms with Crippen LogP contribution in [-0.2, 0) is 4.74 Å². The standard InChI is InChI=1S/C34H43NO5/c1-4-6-7-8-9-10-11-12-23-38-31-20-17-28(18-21-31)27-13-15-29(16-14-27)34(37)40-32-22-19-30(24-35-32)33(36)39-25-26(3)5-2/h13-22,24,26H,4-12,23,25H2,1-3H3/t26-/m0/s1. The summed E-state index contributed by atoms with van der Waals surface area (Å²) in [6.45, 7) is 7.41. The third-order valence-electron chi connectivity index (χ3n) is 6.94. The Hall–Kier alpha value is -3.67. The Morgan fingerprint density at radius 3 is 1.93 bits per heavy atom. The summed E-state index contributed by atoms with van der Waals surface area (Å²) in [5.74, 6) is 0.329. The van der Waals surface area contributed by atoms with Crippen LogP contribution in [0.15, 0.2) is 66.9 Å². The molecule has 2 aromatic carbocycles. The molecule has 1 atom stereocenters. The third kappa shape index (κ3) is 10.5. The third-order valence-corrected chi connectivity index (χ3v) is 6.94. The quantitative estimate of drug-likeness (QED) is 0.125. The lowest BCUT2D eigenvalue weighted by molar-refractivity contribution is 0.0446. The summed E-state index contributed by atoms with van der Waals surface area (Å²) < 4.78 is 16.6. The first-order valence-corrected chi connectivity index (χ1v) is 14.7. The normalized spacial score (nSPS) is 11.6. The second-order valence-electron chi connectivity index (χ2n) is 10.3. The molecule has 0 unspecified atom stereocenters. The van der Waals surface area contributed by atoms with E-state index in [1.54, 1.807) is 18.2 Å². The first kappa shape index (κ1) is 30.9. The summed E-state index contributed by atoms with van der Waals surface area (Å²) in [4.78, 5) is 28.8. The summed E-state index contributed by atoms with van der Waals surface area (Å²) in [6, 6.07) is 18.3. The van der Waals surface area contributed by atoms with Gasteiger partial charge in [0.2, 0.25) is 5.88 Å². The summed E-state index contributed by atoms with van der Waals surface area (Å²) in [5.41, 5.74) is 2.76. The number of aromatic nitrogens is 1. The van der Waals surface area contributed by atoms with Crippen LogP contribution in [-0.4, -0.2) is 30.1 Å². The minimum Gasteiger partial charge on any atom is -0.494 e. The van der Waals surface area contributed by atoms with Crippen LogP contribution in [0.1, 0.15) is 99.3 Å². The molecule has 0 radical (unpaired) electrons. The average molecular weight is 546 g/mol. The van der Waals surface area contributed by atoms with Gasteiger partial charge in [0.25, 0.3) is 0 Å². The van der Waals surface area contributed by atoms with Crippen molar-refractivity contribution in [2.45, 2.75) is 78.6 Å². The van der Waals surface area contributed by atoms with E-state index < -0.39 is 11.9 Å². The van der Waals surface area contributed by atoms with Gasteiger partial charge in [-0.3, -0.25) is 0 Å². The fourth-order valence-electron chi connectivity index (χ4n) is 4.10. The molecule has 214 valence electrons. The monoisotopic (exact) mass is 545 g/mol. The molecule has 6 nitrogen and oxygen atoms in total. The predicted molar refractivity (Wildman–Crippen MR) is 159 cm³/mol. The van der Waals surface area contributed by atoms with E-state index in [0.29, 0.717) is 23.7 Å². The zero-order valence-electron chi connectivity index (χ0n) is 24.2. The van der Waals surface area contributed by atoms with Gasteiger partial charge >= 0.3 is 11.9 Å². The molecule has 0 aliphatic rings. The lowest BCUT2D eigenvalue weighted by Gasteiger charge is -2.10. The number of hydrogen-bond acceptors (Lipinski definition) is 6. The fraction of sp³-hybridized carbons (Fsp3) is 0.441. The number of hydrogen-bond donors (Lipinski definition) is 0. The van der Waals surface area contributed by atoms with E-state index in [1.807, 2.05) is 50.2 Å². The molecule has 1 heterocycles. The molecular weight excluding hydrogens is 502 g/mol. The topological polar surface area (TPSA) is 74.7 Å². The molecule has 3 rings (SSSR count). The number of carbonyl (C=O) groups is 2. The highest BCUT2D eigenvalue weighted by molar-refractivity contribution is 5.92. The highest BCUT2D eigenvalue weighted by atomic mass is 16.5. The Balaban J connectivity index is 1.42. The zero-order valence-corrected chi connectivity index (χ0v) is 24.2.